The maximum absolute atomic E-state index is 11.7. The van der Waals surface area contributed by atoms with Crippen molar-refractivity contribution in [2.24, 2.45) is 0 Å². The molecule has 1 aromatic rings. The molecule has 1 amide bonds. The number of nitrogens with one attached hydrogen (secondary N) is 3. The fraction of sp³-hybridized carbons (Fsp3) is 0.500. The van der Waals surface area contributed by atoms with Crippen LogP contribution >= 0.6 is 11.6 Å². The molecular weight excluding hydrogens is 214 g/mol. The fourth-order valence-corrected chi connectivity index (χ4v) is 1.90. The zero-order valence-electron chi connectivity index (χ0n) is 8.35. The summed E-state index contributed by atoms with van der Waals surface area (Å²) in [6.07, 6.45) is 3.75. The molecule has 1 aliphatic heterocycles. The van der Waals surface area contributed by atoms with Crippen LogP contribution in [0.1, 0.15) is 23.3 Å². The molecule has 1 saturated heterocycles. The van der Waals surface area contributed by atoms with Crippen molar-refractivity contribution in [3.05, 3.63) is 23.0 Å². The highest BCUT2D eigenvalue weighted by Gasteiger charge is 2.16. The number of hydrogen-bond acceptors (Lipinski definition) is 2. The first kappa shape index (κ1) is 10.5. The Morgan fingerprint density at radius 2 is 2.47 bits per heavy atom. The van der Waals surface area contributed by atoms with Gasteiger partial charge in [0.2, 0.25) is 0 Å². The van der Waals surface area contributed by atoms with Crippen LogP contribution in [0.3, 0.4) is 0 Å². The number of piperidine rings is 1. The van der Waals surface area contributed by atoms with Crippen molar-refractivity contribution in [3.63, 3.8) is 0 Å². The van der Waals surface area contributed by atoms with Crippen LogP contribution < -0.4 is 10.6 Å². The van der Waals surface area contributed by atoms with E-state index in [4.69, 9.17) is 11.6 Å². The number of halogens is 1. The molecule has 1 atom stereocenters. The van der Waals surface area contributed by atoms with Crippen molar-refractivity contribution in [1.29, 1.82) is 0 Å². The molecule has 0 bridgehead atoms. The second-order valence-electron chi connectivity index (χ2n) is 3.75. The first-order valence-electron chi connectivity index (χ1n) is 5.11. The van der Waals surface area contributed by atoms with Gasteiger partial charge in [-0.2, -0.15) is 0 Å². The van der Waals surface area contributed by atoms with Gasteiger partial charge in [-0.25, -0.2) is 0 Å². The van der Waals surface area contributed by atoms with Crippen molar-refractivity contribution in [3.8, 4) is 0 Å². The number of rotatable bonds is 2. The van der Waals surface area contributed by atoms with E-state index in [0.29, 0.717) is 10.7 Å². The highest BCUT2D eigenvalue weighted by Crippen LogP contribution is 2.10. The van der Waals surface area contributed by atoms with Crippen molar-refractivity contribution in [2.75, 3.05) is 13.1 Å². The number of aromatic amines is 1. The molecule has 0 radical (unpaired) electrons. The summed E-state index contributed by atoms with van der Waals surface area (Å²) in [6, 6.07) is 1.86. The van der Waals surface area contributed by atoms with Gasteiger partial charge >= 0.3 is 0 Å². The lowest BCUT2D eigenvalue weighted by molar-refractivity contribution is 0.0926. The van der Waals surface area contributed by atoms with E-state index in [1.54, 1.807) is 12.3 Å². The van der Waals surface area contributed by atoms with Gasteiger partial charge in [0.05, 0.1) is 5.02 Å². The summed E-state index contributed by atoms with van der Waals surface area (Å²) in [5.41, 5.74) is 0.519. The van der Waals surface area contributed by atoms with Crippen LogP contribution in [0.15, 0.2) is 12.3 Å². The maximum Gasteiger partial charge on any atom is 0.268 e. The van der Waals surface area contributed by atoms with Crippen LogP contribution in [0.25, 0.3) is 0 Å². The fourth-order valence-electron chi connectivity index (χ4n) is 1.74. The van der Waals surface area contributed by atoms with Gasteiger partial charge in [-0.1, -0.05) is 11.6 Å². The molecule has 5 heteroatoms. The van der Waals surface area contributed by atoms with Gasteiger partial charge in [0.25, 0.3) is 5.91 Å². The molecule has 3 N–H and O–H groups in total. The summed E-state index contributed by atoms with van der Waals surface area (Å²) in [6.45, 7) is 1.89. The zero-order valence-corrected chi connectivity index (χ0v) is 9.10. The number of aromatic nitrogens is 1. The third kappa shape index (κ3) is 2.73. The molecule has 82 valence electrons. The zero-order chi connectivity index (χ0) is 10.7. The molecule has 1 aromatic heterocycles. The summed E-state index contributed by atoms with van der Waals surface area (Å²) in [5, 5.41) is 6.76. The van der Waals surface area contributed by atoms with Crippen molar-refractivity contribution in [2.45, 2.75) is 18.9 Å². The van der Waals surface area contributed by atoms with E-state index in [-0.39, 0.29) is 11.9 Å². The minimum absolute atomic E-state index is 0.0874. The molecule has 4 nitrogen and oxygen atoms in total. The van der Waals surface area contributed by atoms with Gasteiger partial charge in [0, 0.05) is 18.8 Å². The van der Waals surface area contributed by atoms with Gasteiger partial charge in [0.15, 0.2) is 0 Å². The molecule has 1 fully saturated rings. The number of carbonyl (C=O) groups is 1. The lowest BCUT2D eigenvalue weighted by Crippen LogP contribution is -2.45. The molecule has 0 aliphatic carbocycles. The third-order valence-electron chi connectivity index (χ3n) is 2.52. The summed E-state index contributed by atoms with van der Waals surface area (Å²) in [5.74, 6) is -0.0874. The van der Waals surface area contributed by atoms with Crippen molar-refractivity contribution in [1.82, 2.24) is 15.6 Å². The van der Waals surface area contributed by atoms with Gasteiger partial charge in [-0.3, -0.25) is 4.79 Å². The highest BCUT2D eigenvalue weighted by atomic mass is 35.5. The standard InChI is InChI=1S/C10H14ClN3O/c11-7-4-9(13-5-7)10(15)14-8-2-1-3-12-6-8/h4-5,8,12-13H,1-3,6H2,(H,14,15)/t8-/m0/s1. The Morgan fingerprint density at radius 3 is 3.07 bits per heavy atom. The summed E-state index contributed by atoms with van der Waals surface area (Å²) in [7, 11) is 0. The Balaban J connectivity index is 1.91. The monoisotopic (exact) mass is 227 g/mol. The van der Waals surface area contributed by atoms with Crippen LogP contribution in [0.5, 0.6) is 0 Å². The Kier molecular flexibility index (Phi) is 3.28. The average molecular weight is 228 g/mol. The molecule has 0 aromatic carbocycles. The quantitative estimate of drug-likeness (QED) is 0.710. The summed E-state index contributed by atoms with van der Waals surface area (Å²) in [4.78, 5) is 14.5. The molecule has 2 rings (SSSR count). The largest absolute Gasteiger partial charge is 0.356 e. The topological polar surface area (TPSA) is 56.9 Å². The maximum atomic E-state index is 11.7. The lowest BCUT2D eigenvalue weighted by Gasteiger charge is -2.23. The van der Waals surface area contributed by atoms with Crippen LogP contribution in [-0.2, 0) is 0 Å². The summed E-state index contributed by atoms with van der Waals surface area (Å²) >= 11 is 5.72. The minimum Gasteiger partial charge on any atom is -0.356 e. The lowest BCUT2D eigenvalue weighted by atomic mass is 10.1. The molecule has 1 aliphatic rings. The van der Waals surface area contributed by atoms with Gasteiger partial charge in [0.1, 0.15) is 5.69 Å². The minimum atomic E-state index is -0.0874. The van der Waals surface area contributed by atoms with Crippen molar-refractivity contribution < 1.29 is 4.79 Å². The molecule has 0 saturated carbocycles. The van der Waals surface area contributed by atoms with E-state index in [0.717, 1.165) is 25.9 Å². The van der Waals surface area contributed by atoms with E-state index in [1.807, 2.05) is 0 Å². The van der Waals surface area contributed by atoms with E-state index in [1.165, 1.54) is 0 Å². The smallest absolute Gasteiger partial charge is 0.268 e. The first-order valence-corrected chi connectivity index (χ1v) is 5.49. The van der Waals surface area contributed by atoms with E-state index >= 15 is 0 Å². The van der Waals surface area contributed by atoms with E-state index < -0.39 is 0 Å². The van der Waals surface area contributed by atoms with Crippen LogP contribution in [0.2, 0.25) is 5.02 Å². The molecule has 0 spiro atoms. The summed E-state index contributed by atoms with van der Waals surface area (Å²) < 4.78 is 0. The second-order valence-corrected chi connectivity index (χ2v) is 4.18. The predicted octanol–water partition coefficient (Wildman–Crippen LogP) is 1.15. The number of H-pyrrole nitrogens is 1. The molecule has 2 heterocycles. The predicted molar refractivity (Wildman–Crippen MR) is 59.2 cm³/mol. The Labute approximate surface area is 93.4 Å². The van der Waals surface area contributed by atoms with Crippen LogP contribution in [0.4, 0.5) is 0 Å². The Bertz CT molecular complexity index is 344. The number of hydrogen-bond donors (Lipinski definition) is 3. The van der Waals surface area contributed by atoms with Crippen LogP contribution in [0, 0.1) is 0 Å². The Morgan fingerprint density at radius 1 is 1.60 bits per heavy atom. The second kappa shape index (κ2) is 4.68. The van der Waals surface area contributed by atoms with E-state index in [2.05, 4.69) is 15.6 Å². The third-order valence-corrected chi connectivity index (χ3v) is 2.74. The van der Waals surface area contributed by atoms with E-state index in [9.17, 15) is 4.79 Å². The molecule has 15 heavy (non-hydrogen) atoms. The average Bonchev–Trinajstić information content (AvgIpc) is 2.66. The Hall–Kier alpha value is -1.00. The SMILES string of the molecule is O=C(N[C@H]1CCCNC1)c1cc(Cl)c[nH]1. The molecular formula is C10H14ClN3O. The van der Waals surface area contributed by atoms with Gasteiger partial charge < -0.3 is 15.6 Å². The number of carbonyl (C=O) groups excluding carboxylic acids is 1. The first-order chi connectivity index (χ1) is 7.25. The normalized spacial score (nSPS) is 21.3. The highest BCUT2D eigenvalue weighted by molar-refractivity contribution is 6.30. The van der Waals surface area contributed by atoms with Crippen LogP contribution in [-0.4, -0.2) is 30.0 Å². The van der Waals surface area contributed by atoms with Crippen molar-refractivity contribution >= 4 is 17.5 Å². The van der Waals surface area contributed by atoms with Gasteiger partial charge in [-0.05, 0) is 25.5 Å². The molecule has 0 unspecified atom stereocenters. The van der Waals surface area contributed by atoms with Gasteiger partial charge in [-0.15, -0.1) is 0 Å². The number of amides is 1.